The Morgan fingerprint density at radius 2 is 2.05 bits per heavy atom. The topological polar surface area (TPSA) is 33.4 Å². The first-order valence-electron chi connectivity index (χ1n) is 7.03. The molecule has 2 heterocycles. The molecule has 1 aromatic rings. The molecule has 0 N–H and O–H groups in total. The van der Waals surface area contributed by atoms with Crippen LogP contribution in [0.15, 0.2) is 28.5 Å². The summed E-state index contributed by atoms with van der Waals surface area (Å²) < 4.78 is 28.4. The molecule has 1 atom stereocenters. The quantitative estimate of drug-likeness (QED) is 0.780. The summed E-state index contributed by atoms with van der Waals surface area (Å²) in [6.45, 7) is 1.89. The Labute approximate surface area is 127 Å². The van der Waals surface area contributed by atoms with Gasteiger partial charge in [0.25, 0.3) is 0 Å². The third kappa shape index (κ3) is 2.95. The minimum absolute atomic E-state index is 0.0414. The Kier molecular flexibility index (Phi) is 3.73. The van der Waals surface area contributed by atoms with Crippen LogP contribution in [-0.4, -0.2) is 32.9 Å². The highest BCUT2D eigenvalue weighted by atomic mass is 35.5. The summed E-state index contributed by atoms with van der Waals surface area (Å²) in [6, 6.07) is 1.84. The Hall–Kier alpha value is -1.43. The third-order valence-electron chi connectivity index (χ3n) is 3.99. The summed E-state index contributed by atoms with van der Waals surface area (Å²) in [5.41, 5.74) is 0.881. The second-order valence-electron chi connectivity index (χ2n) is 5.57. The van der Waals surface area contributed by atoms with Crippen LogP contribution in [0.25, 0.3) is 0 Å². The lowest BCUT2D eigenvalue weighted by atomic mass is 9.91. The fraction of sp³-hybridized carbons (Fsp3) is 0.571. The van der Waals surface area contributed by atoms with Crippen molar-refractivity contribution in [3.05, 3.63) is 29.2 Å². The van der Waals surface area contributed by atoms with Gasteiger partial charge in [-0.15, -0.1) is 0 Å². The fourth-order valence-electron chi connectivity index (χ4n) is 2.87. The second kappa shape index (κ2) is 5.40. The van der Waals surface area contributed by atoms with Gasteiger partial charge in [0.15, 0.2) is 0 Å². The summed E-state index contributed by atoms with van der Waals surface area (Å²) in [6.07, 6.45) is 5.37. The van der Waals surface area contributed by atoms with E-state index in [1.54, 1.807) is 17.0 Å². The lowest BCUT2D eigenvalue weighted by molar-refractivity contribution is -0.0568. The number of alkyl halides is 2. The molecule has 4 nitrogen and oxygen atoms in total. The Morgan fingerprint density at radius 1 is 1.33 bits per heavy atom. The Balaban J connectivity index is 1.83. The average molecular weight is 315 g/mol. The van der Waals surface area contributed by atoms with Crippen molar-refractivity contribution in [1.29, 1.82) is 0 Å². The van der Waals surface area contributed by atoms with Gasteiger partial charge in [-0.2, -0.15) is 5.10 Å². The monoisotopic (exact) mass is 314 g/mol. The van der Waals surface area contributed by atoms with Gasteiger partial charge in [-0.3, -0.25) is 0 Å². The molecule has 0 aromatic carbocycles. The van der Waals surface area contributed by atoms with E-state index in [9.17, 15) is 8.78 Å². The zero-order chi connectivity index (χ0) is 15.0. The van der Waals surface area contributed by atoms with Crippen LogP contribution in [0.5, 0.6) is 0 Å². The van der Waals surface area contributed by atoms with Crippen molar-refractivity contribution in [3.63, 3.8) is 0 Å². The van der Waals surface area contributed by atoms with Crippen molar-refractivity contribution >= 4 is 17.8 Å². The van der Waals surface area contributed by atoms with E-state index in [1.165, 1.54) is 0 Å². The number of aromatic nitrogens is 2. The van der Waals surface area contributed by atoms with Crippen molar-refractivity contribution in [2.75, 3.05) is 0 Å². The van der Waals surface area contributed by atoms with Crippen LogP contribution in [0.3, 0.4) is 0 Å². The molecule has 0 spiro atoms. The number of nitrogens with zero attached hydrogens (tertiary/aromatic N) is 4. The first-order valence-corrected chi connectivity index (χ1v) is 7.41. The van der Waals surface area contributed by atoms with Crippen molar-refractivity contribution in [2.45, 2.75) is 50.9 Å². The van der Waals surface area contributed by atoms with E-state index in [-0.39, 0.29) is 18.9 Å². The van der Waals surface area contributed by atoms with Crippen LogP contribution in [0.4, 0.5) is 8.78 Å². The van der Waals surface area contributed by atoms with Crippen molar-refractivity contribution < 1.29 is 8.78 Å². The van der Waals surface area contributed by atoms with Gasteiger partial charge in [-0.1, -0.05) is 11.6 Å². The van der Waals surface area contributed by atoms with Gasteiger partial charge in [0, 0.05) is 31.3 Å². The molecule has 0 bridgehead atoms. The lowest BCUT2D eigenvalue weighted by Crippen LogP contribution is -2.43. The smallest absolute Gasteiger partial charge is 0.248 e. The first-order chi connectivity index (χ1) is 9.96. The van der Waals surface area contributed by atoms with E-state index >= 15 is 0 Å². The maximum Gasteiger partial charge on any atom is 0.248 e. The Bertz CT molecular complexity index is 571. The van der Waals surface area contributed by atoms with E-state index in [0.717, 1.165) is 5.69 Å². The van der Waals surface area contributed by atoms with Gasteiger partial charge in [-0.05, 0) is 31.9 Å². The third-order valence-corrected chi connectivity index (χ3v) is 4.31. The van der Waals surface area contributed by atoms with E-state index in [0.29, 0.717) is 18.0 Å². The van der Waals surface area contributed by atoms with Gasteiger partial charge >= 0.3 is 0 Å². The highest BCUT2D eigenvalue weighted by Gasteiger charge is 2.40. The van der Waals surface area contributed by atoms with E-state index in [1.807, 2.05) is 24.1 Å². The maximum atomic E-state index is 13.4. The molecule has 1 fully saturated rings. The van der Waals surface area contributed by atoms with Crippen molar-refractivity contribution in [2.24, 2.45) is 4.99 Å². The molecule has 0 radical (unpaired) electrons. The molecule has 1 aliphatic carbocycles. The number of hydrogen-bond acceptors (Lipinski definition) is 3. The number of hydrogen-bond donors (Lipinski definition) is 0. The summed E-state index contributed by atoms with van der Waals surface area (Å²) in [5.74, 6) is -2.55. The van der Waals surface area contributed by atoms with Crippen LogP contribution in [-0.2, 0) is 0 Å². The van der Waals surface area contributed by atoms with E-state index < -0.39 is 12.2 Å². The van der Waals surface area contributed by atoms with Gasteiger partial charge in [0.1, 0.15) is 5.16 Å². The molecule has 1 unspecified atom stereocenters. The molecule has 1 aromatic heterocycles. The van der Waals surface area contributed by atoms with Crippen LogP contribution in [0, 0.1) is 6.92 Å². The molecule has 1 aliphatic heterocycles. The number of rotatable bonds is 2. The fourth-order valence-corrected chi connectivity index (χ4v) is 3.15. The molecule has 0 saturated heterocycles. The first kappa shape index (κ1) is 14.5. The molecular formula is C14H17ClF2N4. The van der Waals surface area contributed by atoms with E-state index in [2.05, 4.69) is 10.1 Å². The predicted molar refractivity (Wildman–Crippen MR) is 77.5 cm³/mol. The van der Waals surface area contributed by atoms with Crippen LogP contribution in [0.2, 0.25) is 0 Å². The molecule has 1 saturated carbocycles. The largest absolute Gasteiger partial charge is 0.319 e. The summed E-state index contributed by atoms with van der Waals surface area (Å²) in [7, 11) is 0. The SMILES string of the molecule is Cc1ccn(C2N=CC=C(Cl)N2C2CCC(F)(F)CC2)n1. The summed E-state index contributed by atoms with van der Waals surface area (Å²) >= 11 is 6.31. The summed E-state index contributed by atoms with van der Waals surface area (Å²) in [5, 5.41) is 4.90. The second-order valence-corrected chi connectivity index (χ2v) is 5.95. The van der Waals surface area contributed by atoms with E-state index in [4.69, 9.17) is 11.6 Å². The molecule has 0 amide bonds. The van der Waals surface area contributed by atoms with Crippen molar-refractivity contribution in [1.82, 2.24) is 14.7 Å². The Morgan fingerprint density at radius 3 is 2.67 bits per heavy atom. The minimum Gasteiger partial charge on any atom is -0.319 e. The standard InChI is InChI=1S/C14H17ClF2N4/c1-10-5-9-20(19-10)13-18-8-4-12(15)21(13)11-2-6-14(16,17)7-3-11/h4-5,8-9,11,13H,2-3,6-7H2,1H3. The normalized spacial score (nSPS) is 26.0. The van der Waals surface area contributed by atoms with Gasteiger partial charge in [0.05, 0.1) is 5.69 Å². The van der Waals surface area contributed by atoms with Gasteiger partial charge < -0.3 is 4.90 Å². The zero-order valence-corrected chi connectivity index (χ0v) is 12.5. The highest BCUT2D eigenvalue weighted by molar-refractivity contribution is 6.30. The van der Waals surface area contributed by atoms with Crippen LogP contribution in [0.1, 0.15) is 37.7 Å². The number of halogens is 3. The molecule has 21 heavy (non-hydrogen) atoms. The molecule has 2 aliphatic rings. The molecular weight excluding hydrogens is 298 g/mol. The number of aryl methyl sites for hydroxylation is 1. The van der Waals surface area contributed by atoms with Crippen molar-refractivity contribution in [3.8, 4) is 0 Å². The van der Waals surface area contributed by atoms with Crippen LogP contribution < -0.4 is 0 Å². The lowest BCUT2D eigenvalue weighted by Gasteiger charge is -2.41. The summed E-state index contributed by atoms with van der Waals surface area (Å²) in [4.78, 5) is 6.30. The number of aliphatic imine (C=N–C) groups is 1. The molecule has 114 valence electrons. The van der Waals surface area contributed by atoms with Gasteiger partial charge in [-0.25, -0.2) is 18.5 Å². The highest BCUT2D eigenvalue weighted by Crippen LogP contribution is 2.39. The van der Waals surface area contributed by atoms with Crippen LogP contribution >= 0.6 is 11.6 Å². The van der Waals surface area contributed by atoms with Gasteiger partial charge in [0.2, 0.25) is 12.2 Å². The predicted octanol–water partition coefficient (Wildman–Crippen LogP) is 3.69. The molecule has 7 heteroatoms. The maximum absolute atomic E-state index is 13.4. The zero-order valence-electron chi connectivity index (χ0n) is 11.7. The molecule has 3 rings (SSSR count). The average Bonchev–Trinajstić information content (AvgIpc) is 2.86. The minimum atomic E-state index is -2.55. The number of allylic oxidation sites excluding steroid dienone is 1.